The van der Waals surface area contributed by atoms with Gasteiger partial charge in [-0.3, -0.25) is 0 Å². The summed E-state index contributed by atoms with van der Waals surface area (Å²) in [4.78, 5) is 8.62. The van der Waals surface area contributed by atoms with Gasteiger partial charge in [-0.2, -0.15) is 0 Å². The van der Waals surface area contributed by atoms with E-state index in [4.69, 9.17) is 0 Å². The Balaban J connectivity index is 1.99. The van der Waals surface area contributed by atoms with Gasteiger partial charge in [0.05, 0.1) is 12.0 Å². The van der Waals surface area contributed by atoms with Gasteiger partial charge in [0.25, 0.3) is 0 Å². The summed E-state index contributed by atoms with van der Waals surface area (Å²) in [5.41, 5.74) is 2.30. The molecule has 14 heavy (non-hydrogen) atoms. The molecule has 0 bridgehead atoms. The number of hydrogen-bond acceptors (Lipinski definition) is 2. The molecular weight excluding hydrogens is 192 g/mol. The van der Waals surface area contributed by atoms with E-state index in [9.17, 15) is 0 Å². The second kappa shape index (κ2) is 4.33. The molecule has 72 valence electrons. The zero-order chi connectivity index (χ0) is 9.80. The molecule has 0 aliphatic carbocycles. The Kier molecular flexibility index (Phi) is 2.89. The fraction of sp³-hybridized carbons (Fsp3) is 0.182. The number of benzene rings is 1. The Hall–Kier alpha value is -1.22. The quantitative estimate of drug-likeness (QED) is 0.778. The maximum atomic E-state index is 4.25. The fourth-order valence-corrected chi connectivity index (χ4v) is 2.15. The first-order valence-corrected chi connectivity index (χ1v) is 5.51. The standard InChI is InChI=1S/C11H12N2S/c1-9-11(13-8-12-9)7-14-10-5-3-2-4-6-10/h2-6,8H,7H2,1H3,(H,12,13). The van der Waals surface area contributed by atoms with Crippen LogP contribution in [0.3, 0.4) is 0 Å². The second-order valence-corrected chi connectivity index (χ2v) is 4.12. The summed E-state index contributed by atoms with van der Waals surface area (Å²) in [7, 11) is 0. The summed E-state index contributed by atoms with van der Waals surface area (Å²) in [5, 5.41) is 0. The third kappa shape index (κ3) is 2.17. The molecular formula is C11H12N2S. The molecule has 0 saturated carbocycles. The maximum absolute atomic E-state index is 4.25. The number of nitrogens with one attached hydrogen (secondary N) is 1. The average Bonchev–Trinajstić information content (AvgIpc) is 2.63. The van der Waals surface area contributed by atoms with Crippen molar-refractivity contribution in [1.29, 1.82) is 0 Å². The van der Waals surface area contributed by atoms with Crippen molar-refractivity contribution in [3.8, 4) is 0 Å². The van der Waals surface area contributed by atoms with Crippen LogP contribution in [-0.4, -0.2) is 9.97 Å². The molecule has 0 aliphatic heterocycles. The Labute approximate surface area is 87.8 Å². The van der Waals surface area contributed by atoms with Crippen LogP contribution in [0.5, 0.6) is 0 Å². The van der Waals surface area contributed by atoms with Gasteiger partial charge in [0, 0.05) is 16.3 Å². The van der Waals surface area contributed by atoms with Gasteiger partial charge in [0.1, 0.15) is 0 Å². The molecule has 1 aromatic carbocycles. The molecule has 0 unspecified atom stereocenters. The summed E-state index contributed by atoms with van der Waals surface area (Å²) >= 11 is 1.81. The molecule has 0 amide bonds. The predicted molar refractivity (Wildman–Crippen MR) is 59.3 cm³/mol. The number of aromatic amines is 1. The van der Waals surface area contributed by atoms with Crippen LogP contribution in [0.4, 0.5) is 0 Å². The van der Waals surface area contributed by atoms with Gasteiger partial charge in [-0.15, -0.1) is 11.8 Å². The molecule has 1 aromatic heterocycles. The molecule has 1 heterocycles. The van der Waals surface area contributed by atoms with E-state index >= 15 is 0 Å². The van der Waals surface area contributed by atoms with Gasteiger partial charge >= 0.3 is 0 Å². The highest BCUT2D eigenvalue weighted by Crippen LogP contribution is 2.21. The summed E-state index contributed by atoms with van der Waals surface area (Å²) in [6, 6.07) is 10.4. The number of H-pyrrole nitrogens is 1. The van der Waals surface area contributed by atoms with E-state index in [1.165, 1.54) is 4.90 Å². The smallest absolute Gasteiger partial charge is 0.0925 e. The molecule has 2 rings (SSSR count). The molecule has 0 saturated heterocycles. The minimum atomic E-state index is 0.930. The van der Waals surface area contributed by atoms with E-state index in [0.29, 0.717) is 0 Å². The van der Waals surface area contributed by atoms with Gasteiger partial charge in [0.15, 0.2) is 0 Å². The van der Waals surface area contributed by atoms with Crippen molar-refractivity contribution < 1.29 is 0 Å². The number of rotatable bonds is 3. The first kappa shape index (κ1) is 9.34. The molecule has 0 atom stereocenters. The number of nitrogens with zero attached hydrogens (tertiary/aromatic N) is 1. The fourth-order valence-electron chi connectivity index (χ4n) is 1.20. The lowest BCUT2D eigenvalue weighted by atomic mass is 10.4. The van der Waals surface area contributed by atoms with Crippen molar-refractivity contribution in [2.45, 2.75) is 17.6 Å². The van der Waals surface area contributed by atoms with Crippen molar-refractivity contribution in [2.75, 3.05) is 0 Å². The lowest BCUT2D eigenvalue weighted by molar-refractivity contribution is 1.19. The van der Waals surface area contributed by atoms with Crippen LogP contribution in [0.25, 0.3) is 0 Å². The highest BCUT2D eigenvalue weighted by atomic mass is 32.2. The lowest BCUT2D eigenvalue weighted by Crippen LogP contribution is -1.83. The van der Waals surface area contributed by atoms with Crippen LogP contribution in [-0.2, 0) is 5.75 Å². The first-order valence-electron chi connectivity index (χ1n) is 4.53. The van der Waals surface area contributed by atoms with Crippen LogP contribution in [0.2, 0.25) is 0 Å². The number of thioether (sulfide) groups is 1. The Morgan fingerprint density at radius 2 is 2.07 bits per heavy atom. The normalized spacial score (nSPS) is 10.4. The minimum absolute atomic E-state index is 0.930. The summed E-state index contributed by atoms with van der Waals surface area (Å²) in [6.07, 6.45) is 1.75. The van der Waals surface area contributed by atoms with E-state index in [0.717, 1.165) is 17.1 Å². The van der Waals surface area contributed by atoms with Crippen LogP contribution >= 0.6 is 11.8 Å². The summed E-state index contributed by atoms with van der Waals surface area (Å²) in [6.45, 7) is 2.05. The monoisotopic (exact) mass is 204 g/mol. The first-order chi connectivity index (χ1) is 6.86. The van der Waals surface area contributed by atoms with E-state index in [-0.39, 0.29) is 0 Å². The Morgan fingerprint density at radius 1 is 1.29 bits per heavy atom. The third-order valence-corrected chi connectivity index (χ3v) is 3.08. The molecule has 1 N–H and O–H groups in total. The topological polar surface area (TPSA) is 28.7 Å². The van der Waals surface area contributed by atoms with Crippen LogP contribution < -0.4 is 0 Å². The zero-order valence-corrected chi connectivity index (χ0v) is 8.84. The van der Waals surface area contributed by atoms with Crippen molar-refractivity contribution in [1.82, 2.24) is 9.97 Å². The highest BCUT2D eigenvalue weighted by molar-refractivity contribution is 7.98. The Bertz CT molecular complexity index is 395. The predicted octanol–water partition coefficient (Wildman–Crippen LogP) is 3.01. The zero-order valence-electron chi connectivity index (χ0n) is 8.03. The molecule has 0 fully saturated rings. The minimum Gasteiger partial charge on any atom is -0.348 e. The highest BCUT2D eigenvalue weighted by Gasteiger charge is 2.01. The molecule has 2 nitrogen and oxygen atoms in total. The number of hydrogen-bond donors (Lipinski definition) is 1. The molecule has 0 aliphatic rings. The maximum Gasteiger partial charge on any atom is 0.0925 e. The van der Waals surface area contributed by atoms with Crippen molar-refractivity contribution in [3.63, 3.8) is 0 Å². The molecule has 0 spiro atoms. The molecule has 3 heteroatoms. The van der Waals surface area contributed by atoms with Crippen LogP contribution in [0.1, 0.15) is 11.4 Å². The molecule has 2 aromatic rings. The van der Waals surface area contributed by atoms with Gasteiger partial charge in [-0.25, -0.2) is 4.98 Å². The van der Waals surface area contributed by atoms with Crippen molar-refractivity contribution in [3.05, 3.63) is 48.0 Å². The third-order valence-electron chi connectivity index (χ3n) is 2.05. The largest absolute Gasteiger partial charge is 0.348 e. The van der Waals surface area contributed by atoms with Crippen molar-refractivity contribution >= 4 is 11.8 Å². The van der Waals surface area contributed by atoms with E-state index in [1.807, 2.05) is 24.8 Å². The van der Waals surface area contributed by atoms with Crippen molar-refractivity contribution in [2.24, 2.45) is 0 Å². The van der Waals surface area contributed by atoms with Crippen LogP contribution in [0, 0.1) is 6.92 Å². The van der Waals surface area contributed by atoms with Gasteiger partial charge in [-0.05, 0) is 19.1 Å². The average molecular weight is 204 g/mol. The molecule has 0 radical (unpaired) electrons. The SMILES string of the molecule is Cc1[nH]cnc1CSc1ccccc1. The second-order valence-electron chi connectivity index (χ2n) is 3.08. The number of aryl methyl sites for hydroxylation is 1. The number of aromatic nitrogens is 2. The van der Waals surface area contributed by atoms with Gasteiger partial charge in [-0.1, -0.05) is 18.2 Å². The summed E-state index contributed by atoms with van der Waals surface area (Å²) < 4.78 is 0. The van der Waals surface area contributed by atoms with E-state index in [2.05, 4.69) is 34.2 Å². The Morgan fingerprint density at radius 3 is 2.71 bits per heavy atom. The van der Waals surface area contributed by atoms with E-state index in [1.54, 1.807) is 6.33 Å². The van der Waals surface area contributed by atoms with E-state index < -0.39 is 0 Å². The van der Waals surface area contributed by atoms with Crippen LogP contribution in [0.15, 0.2) is 41.6 Å². The lowest BCUT2D eigenvalue weighted by Gasteiger charge is -1.99. The van der Waals surface area contributed by atoms with Gasteiger partial charge < -0.3 is 4.98 Å². The summed E-state index contributed by atoms with van der Waals surface area (Å²) in [5.74, 6) is 0.930. The van der Waals surface area contributed by atoms with Gasteiger partial charge in [0.2, 0.25) is 0 Å². The number of imidazole rings is 1.